The van der Waals surface area contributed by atoms with E-state index in [4.69, 9.17) is 16.1 Å². The van der Waals surface area contributed by atoms with Gasteiger partial charge >= 0.3 is 0 Å². The highest BCUT2D eigenvalue weighted by atomic mass is 35.5. The molecule has 0 bridgehead atoms. The fourth-order valence-electron chi connectivity index (χ4n) is 2.40. The summed E-state index contributed by atoms with van der Waals surface area (Å²) in [6.45, 7) is 3.57. The average molecular weight is 368 g/mol. The number of nitrogens with zero attached hydrogens (tertiary/aromatic N) is 2. The van der Waals surface area contributed by atoms with Crippen LogP contribution >= 0.6 is 11.6 Å². The fourth-order valence-corrected chi connectivity index (χ4v) is 2.60. The van der Waals surface area contributed by atoms with Gasteiger partial charge in [-0.3, -0.25) is 4.79 Å². The predicted molar refractivity (Wildman–Crippen MR) is 104 cm³/mol. The van der Waals surface area contributed by atoms with Crippen molar-refractivity contribution in [3.63, 3.8) is 0 Å². The van der Waals surface area contributed by atoms with Crippen LogP contribution in [-0.4, -0.2) is 16.0 Å². The lowest BCUT2D eigenvalue weighted by Crippen LogP contribution is -2.05. The summed E-state index contributed by atoms with van der Waals surface area (Å²) in [6.07, 6.45) is 2.71. The first-order valence-corrected chi connectivity index (χ1v) is 8.61. The zero-order chi connectivity index (χ0) is 18.5. The zero-order valence-electron chi connectivity index (χ0n) is 14.5. The largest absolute Gasteiger partial charge is 0.333 e. The molecule has 0 saturated carbocycles. The smallest absolute Gasteiger partial charge is 0.269 e. The van der Waals surface area contributed by atoms with Gasteiger partial charge < -0.3 is 9.84 Å². The van der Waals surface area contributed by atoms with E-state index in [0.717, 1.165) is 23.2 Å². The van der Waals surface area contributed by atoms with Crippen molar-refractivity contribution in [3.05, 3.63) is 65.5 Å². The van der Waals surface area contributed by atoms with Crippen molar-refractivity contribution in [3.8, 4) is 11.4 Å². The van der Waals surface area contributed by atoms with Crippen LogP contribution in [-0.2, 0) is 11.2 Å². The average Bonchev–Trinajstić information content (AvgIpc) is 3.13. The molecule has 1 N–H and O–H groups in total. The number of nitrogens with one attached hydrogen (secondary N) is 1. The highest BCUT2D eigenvalue weighted by Gasteiger charge is 2.11. The molecular formula is C20H18ClN3O2. The summed E-state index contributed by atoms with van der Waals surface area (Å²) >= 11 is 6.31. The van der Waals surface area contributed by atoms with Crippen LogP contribution in [0, 0.1) is 0 Å². The van der Waals surface area contributed by atoms with Crippen molar-refractivity contribution >= 4 is 34.3 Å². The molecule has 0 aliphatic carbocycles. The predicted octanol–water partition coefficient (Wildman–Crippen LogP) is 4.99. The van der Waals surface area contributed by atoms with E-state index in [1.807, 2.05) is 36.4 Å². The van der Waals surface area contributed by atoms with Crippen molar-refractivity contribution in [2.24, 2.45) is 0 Å². The normalized spacial score (nSPS) is 11.4. The molecule has 26 heavy (non-hydrogen) atoms. The van der Waals surface area contributed by atoms with Crippen molar-refractivity contribution in [1.82, 2.24) is 10.1 Å². The molecule has 1 aromatic heterocycles. The number of benzene rings is 2. The molecule has 0 aliphatic heterocycles. The van der Waals surface area contributed by atoms with Crippen molar-refractivity contribution < 1.29 is 9.32 Å². The van der Waals surface area contributed by atoms with Gasteiger partial charge in [-0.25, -0.2) is 0 Å². The van der Waals surface area contributed by atoms with Gasteiger partial charge in [0.2, 0.25) is 11.7 Å². The number of hydrogen-bond donors (Lipinski definition) is 1. The van der Waals surface area contributed by atoms with Gasteiger partial charge in [0, 0.05) is 18.2 Å². The van der Waals surface area contributed by atoms with Gasteiger partial charge in [0.05, 0.1) is 0 Å². The Labute approximate surface area is 156 Å². The molecule has 5 nitrogen and oxygen atoms in total. The summed E-state index contributed by atoms with van der Waals surface area (Å²) in [6, 6.07) is 15.3. The Kier molecular flexibility index (Phi) is 5.49. The molecular weight excluding hydrogens is 350 g/mol. The van der Waals surface area contributed by atoms with Gasteiger partial charge in [-0.05, 0) is 35.8 Å². The summed E-state index contributed by atoms with van der Waals surface area (Å²) in [4.78, 5) is 15.4. The topological polar surface area (TPSA) is 68.0 Å². The van der Waals surface area contributed by atoms with E-state index in [-0.39, 0.29) is 11.8 Å². The number of aryl methyl sites for hydroxylation is 1. The molecule has 0 atom stereocenters. The Bertz CT molecular complexity index is 928. The molecule has 0 radical (unpaired) electrons. The first-order chi connectivity index (χ1) is 12.5. The second-order valence-electron chi connectivity index (χ2n) is 5.77. The number of anilines is 1. The van der Waals surface area contributed by atoms with Gasteiger partial charge in [0.25, 0.3) is 5.89 Å². The number of aromatic nitrogens is 2. The number of halogens is 1. The standard InChI is InChI=1S/C20H18ClN3O2/c1-3-14-4-8-16(9-5-14)19-23-20(26-24-19)18(21)12-15-6-10-17(11-7-15)22-13(2)25/h4-12H,3H2,1-2H3,(H,22,25)/b18-12-. The molecule has 0 fully saturated rings. The van der Waals surface area contributed by atoms with Crippen molar-refractivity contribution in [2.75, 3.05) is 5.32 Å². The van der Waals surface area contributed by atoms with E-state index in [0.29, 0.717) is 10.9 Å². The van der Waals surface area contributed by atoms with E-state index in [2.05, 4.69) is 22.4 Å². The summed E-state index contributed by atoms with van der Waals surface area (Å²) in [5.74, 6) is 0.638. The lowest BCUT2D eigenvalue weighted by atomic mass is 10.1. The Morgan fingerprint density at radius 1 is 1.15 bits per heavy atom. The first kappa shape index (κ1) is 17.9. The number of carbonyl (C=O) groups is 1. The van der Waals surface area contributed by atoms with Crippen LogP contribution in [0.1, 0.15) is 30.9 Å². The SMILES string of the molecule is CCc1ccc(-c2noc(/C(Cl)=C/c3ccc(NC(C)=O)cc3)n2)cc1. The maximum atomic E-state index is 11.0. The minimum atomic E-state index is -0.114. The molecule has 1 heterocycles. The molecule has 132 valence electrons. The van der Waals surface area contributed by atoms with Crippen molar-refractivity contribution in [2.45, 2.75) is 20.3 Å². The van der Waals surface area contributed by atoms with Crippen LogP contribution in [0.3, 0.4) is 0 Å². The number of hydrogen-bond acceptors (Lipinski definition) is 4. The van der Waals surface area contributed by atoms with E-state index in [1.54, 1.807) is 18.2 Å². The van der Waals surface area contributed by atoms with Crippen LogP contribution in [0.15, 0.2) is 53.1 Å². The van der Waals surface area contributed by atoms with Crippen LogP contribution in [0.2, 0.25) is 0 Å². The Morgan fingerprint density at radius 3 is 2.46 bits per heavy atom. The highest BCUT2D eigenvalue weighted by Crippen LogP contribution is 2.24. The fraction of sp³-hybridized carbons (Fsp3) is 0.150. The van der Waals surface area contributed by atoms with Crippen molar-refractivity contribution in [1.29, 1.82) is 0 Å². The molecule has 0 saturated heterocycles. The van der Waals surface area contributed by atoms with E-state index < -0.39 is 0 Å². The van der Waals surface area contributed by atoms with Gasteiger partial charge in [-0.15, -0.1) is 0 Å². The van der Waals surface area contributed by atoms with Crippen LogP contribution in [0.4, 0.5) is 5.69 Å². The van der Waals surface area contributed by atoms with Gasteiger partial charge in [0.1, 0.15) is 5.03 Å². The Morgan fingerprint density at radius 2 is 1.85 bits per heavy atom. The third kappa shape index (κ3) is 4.37. The van der Waals surface area contributed by atoms with Crippen LogP contribution in [0.25, 0.3) is 22.5 Å². The molecule has 0 aliphatic rings. The molecule has 0 unspecified atom stereocenters. The highest BCUT2D eigenvalue weighted by molar-refractivity contribution is 6.50. The summed E-state index contributed by atoms with van der Waals surface area (Å²) in [7, 11) is 0. The van der Waals surface area contributed by atoms with E-state index in [9.17, 15) is 4.79 Å². The van der Waals surface area contributed by atoms with Crippen LogP contribution in [0.5, 0.6) is 0 Å². The molecule has 3 aromatic rings. The summed E-state index contributed by atoms with van der Waals surface area (Å²) < 4.78 is 5.27. The molecule has 0 spiro atoms. The van der Waals surface area contributed by atoms with E-state index in [1.165, 1.54) is 12.5 Å². The van der Waals surface area contributed by atoms with Crippen LogP contribution < -0.4 is 5.32 Å². The van der Waals surface area contributed by atoms with Gasteiger partial charge in [0.15, 0.2) is 0 Å². The molecule has 6 heteroatoms. The first-order valence-electron chi connectivity index (χ1n) is 8.23. The van der Waals surface area contributed by atoms with Gasteiger partial charge in [-0.1, -0.05) is 60.1 Å². The van der Waals surface area contributed by atoms with E-state index >= 15 is 0 Å². The Balaban J connectivity index is 1.77. The summed E-state index contributed by atoms with van der Waals surface area (Å²) in [5, 5.41) is 7.05. The quantitative estimate of drug-likeness (QED) is 0.689. The lowest BCUT2D eigenvalue weighted by Gasteiger charge is -2.01. The monoisotopic (exact) mass is 367 g/mol. The van der Waals surface area contributed by atoms with Gasteiger partial charge in [-0.2, -0.15) is 4.98 Å². The molecule has 3 rings (SSSR count). The minimum absolute atomic E-state index is 0.114. The molecule has 1 amide bonds. The maximum Gasteiger partial charge on any atom is 0.269 e. The zero-order valence-corrected chi connectivity index (χ0v) is 15.2. The Hall–Kier alpha value is -2.92. The number of rotatable bonds is 5. The summed E-state index contributed by atoms with van der Waals surface area (Å²) in [5.41, 5.74) is 3.71. The number of carbonyl (C=O) groups excluding carboxylic acids is 1. The third-order valence-corrected chi connectivity index (χ3v) is 4.05. The lowest BCUT2D eigenvalue weighted by molar-refractivity contribution is -0.114. The second kappa shape index (κ2) is 7.97. The number of amides is 1. The second-order valence-corrected chi connectivity index (χ2v) is 6.18. The minimum Gasteiger partial charge on any atom is -0.333 e. The third-order valence-electron chi connectivity index (χ3n) is 3.78. The molecule has 2 aromatic carbocycles. The maximum absolute atomic E-state index is 11.0.